The minimum Gasteiger partial charge on any atom is -0.314 e. The Balaban J connectivity index is 2.38. The zero-order valence-corrected chi connectivity index (χ0v) is 15.3. The first kappa shape index (κ1) is 18.3. The molecule has 0 aliphatic heterocycles. The van der Waals surface area contributed by atoms with Gasteiger partial charge in [-0.2, -0.15) is 0 Å². The minimum atomic E-state index is -3.67. The molecule has 0 radical (unpaired) electrons. The third-order valence-electron chi connectivity index (χ3n) is 3.60. The molecule has 128 valence electrons. The van der Waals surface area contributed by atoms with Crippen LogP contribution in [0.15, 0.2) is 54.6 Å². The third kappa shape index (κ3) is 4.07. The van der Waals surface area contributed by atoms with Crippen molar-refractivity contribution in [3.63, 3.8) is 0 Å². The molecule has 0 spiro atoms. The molecule has 7 heteroatoms. The van der Waals surface area contributed by atoms with E-state index in [4.69, 9.17) is 11.6 Å². The van der Waals surface area contributed by atoms with Gasteiger partial charge in [-0.1, -0.05) is 35.9 Å². The molecule has 0 bridgehead atoms. The highest BCUT2D eigenvalue weighted by Crippen LogP contribution is 2.25. The predicted molar refractivity (Wildman–Crippen MR) is 98.1 cm³/mol. The Hall–Kier alpha value is -2.05. The fourth-order valence-corrected chi connectivity index (χ4v) is 3.82. The van der Waals surface area contributed by atoms with E-state index in [1.54, 1.807) is 44.3 Å². The first-order valence-corrected chi connectivity index (χ1v) is 9.52. The summed E-state index contributed by atoms with van der Waals surface area (Å²) in [6, 6.07) is 14.6. The minimum absolute atomic E-state index is 0.341. The summed E-state index contributed by atoms with van der Waals surface area (Å²) in [5.41, 5.74) is 1.04. The second-order valence-electron chi connectivity index (χ2n) is 5.45. The zero-order valence-electron chi connectivity index (χ0n) is 13.7. The number of hydrogen-bond acceptors (Lipinski definition) is 3. The third-order valence-corrected chi connectivity index (χ3v) is 5.08. The summed E-state index contributed by atoms with van der Waals surface area (Å²) in [7, 11) is -2.05. The summed E-state index contributed by atoms with van der Waals surface area (Å²) in [5.74, 6) is -0.341. The smallest absolute Gasteiger partial charge is 0.250 e. The Morgan fingerprint density at radius 1 is 1.04 bits per heavy atom. The van der Waals surface area contributed by atoms with Crippen molar-refractivity contribution in [2.24, 2.45) is 0 Å². The number of rotatable bonds is 5. The molecular weight excluding hydrogens is 348 g/mol. The van der Waals surface area contributed by atoms with Crippen LogP contribution < -0.4 is 9.21 Å². The van der Waals surface area contributed by atoms with Crippen LogP contribution >= 0.6 is 11.6 Å². The van der Waals surface area contributed by atoms with Gasteiger partial charge in [-0.25, -0.2) is 8.42 Å². The van der Waals surface area contributed by atoms with Gasteiger partial charge >= 0.3 is 0 Å². The number of amides is 1. The van der Waals surface area contributed by atoms with Crippen molar-refractivity contribution in [1.82, 2.24) is 0 Å². The number of anilines is 2. The molecule has 5 nitrogen and oxygen atoms in total. The molecule has 0 aliphatic rings. The van der Waals surface area contributed by atoms with Gasteiger partial charge in [-0.3, -0.25) is 9.10 Å². The number of sulfonamides is 1. The van der Waals surface area contributed by atoms with E-state index in [1.165, 1.54) is 11.0 Å². The van der Waals surface area contributed by atoms with E-state index in [0.29, 0.717) is 16.4 Å². The number of para-hydroxylation sites is 1. The summed E-state index contributed by atoms with van der Waals surface area (Å²) in [4.78, 5) is 14.2. The SMILES string of the molecule is CC(C(=O)N(C)c1ccccc1)N(c1cccc(Cl)c1)S(C)(=O)=O. The lowest BCUT2D eigenvalue weighted by Crippen LogP contribution is -2.48. The van der Waals surface area contributed by atoms with Crippen LogP contribution in [0.1, 0.15) is 6.92 Å². The van der Waals surface area contributed by atoms with Crippen LogP contribution in [-0.2, 0) is 14.8 Å². The van der Waals surface area contributed by atoms with Gasteiger partial charge in [0, 0.05) is 17.8 Å². The second kappa shape index (κ2) is 7.23. The van der Waals surface area contributed by atoms with Crippen LogP contribution in [0.2, 0.25) is 5.02 Å². The first-order chi connectivity index (χ1) is 11.2. The molecule has 1 atom stereocenters. The Morgan fingerprint density at radius 2 is 1.62 bits per heavy atom. The summed E-state index contributed by atoms with van der Waals surface area (Å²) < 4.78 is 25.6. The average Bonchev–Trinajstić information content (AvgIpc) is 2.53. The van der Waals surface area contributed by atoms with Crippen molar-refractivity contribution in [2.75, 3.05) is 22.5 Å². The Kier molecular flexibility index (Phi) is 5.51. The van der Waals surface area contributed by atoms with Gasteiger partial charge in [0.15, 0.2) is 0 Å². The molecule has 1 unspecified atom stereocenters. The van der Waals surface area contributed by atoms with E-state index in [1.807, 2.05) is 18.2 Å². The van der Waals surface area contributed by atoms with Gasteiger partial charge in [0.25, 0.3) is 0 Å². The van der Waals surface area contributed by atoms with Gasteiger partial charge in [0.1, 0.15) is 6.04 Å². The summed E-state index contributed by atoms with van der Waals surface area (Å²) in [6.45, 7) is 1.56. The Bertz CT molecular complexity index is 825. The maximum Gasteiger partial charge on any atom is 0.250 e. The summed E-state index contributed by atoms with van der Waals surface area (Å²) >= 11 is 5.96. The predicted octanol–water partition coefficient (Wildman–Crippen LogP) is 3.16. The molecule has 0 aliphatic carbocycles. The lowest BCUT2D eigenvalue weighted by atomic mass is 10.2. The molecule has 0 heterocycles. The highest BCUT2D eigenvalue weighted by molar-refractivity contribution is 7.92. The molecule has 0 saturated heterocycles. The van der Waals surface area contributed by atoms with E-state index in [-0.39, 0.29) is 5.91 Å². The normalized spacial score (nSPS) is 12.5. The lowest BCUT2D eigenvalue weighted by molar-refractivity contribution is -0.119. The number of likely N-dealkylation sites (N-methyl/N-ethyl adjacent to an activating group) is 1. The van der Waals surface area contributed by atoms with Crippen molar-refractivity contribution in [3.8, 4) is 0 Å². The van der Waals surface area contributed by atoms with Gasteiger partial charge in [-0.05, 0) is 37.3 Å². The number of carbonyl (C=O) groups excluding carboxylic acids is 1. The summed E-state index contributed by atoms with van der Waals surface area (Å²) in [5, 5.41) is 0.400. The largest absolute Gasteiger partial charge is 0.314 e. The van der Waals surface area contributed by atoms with Crippen LogP contribution in [-0.4, -0.2) is 33.7 Å². The van der Waals surface area contributed by atoms with E-state index in [9.17, 15) is 13.2 Å². The number of carbonyl (C=O) groups is 1. The van der Waals surface area contributed by atoms with E-state index in [0.717, 1.165) is 10.6 Å². The molecule has 24 heavy (non-hydrogen) atoms. The average molecular weight is 367 g/mol. The molecule has 0 saturated carbocycles. The van der Waals surface area contributed by atoms with E-state index < -0.39 is 16.1 Å². The highest BCUT2D eigenvalue weighted by atomic mass is 35.5. The van der Waals surface area contributed by atoms with E-state index in [2.05, 4.69) is 0 Å². The van der Waals surface area contributed by atoms with Crippen LogP contribution in [0.5, 0.6) is 0 Å². The molecule has 0 N–H and O–H groups in total. The fraction of sp³-hybridized carbons (Fsp3) is 0.235. The number of halogens is 1. The zero-order chi connectivity index (χ0) is 17.9. The Morgan fingerprint density at radius 3 is 2.17 bits per heavy atom. The standard InChI is InChI=1S/C17H19ClN2O3S/c1-13(17(21)19(2)15-9-5-4-6-10-15)20(24(3,22)23)16-11-7-8-14(18)12-16/h4-13H,1-3H3. The molecule has 2 aromatic rings. The van der Waals surface area contributed by atoms with Crippen LogP contribution in [0.4, 0.5) is 11.4 Å². The van der Waals surface area contributed by atoms with E-state index >= 15 is 0 Å². The molecule has 2 aromatic carbocycles. The van der Waals surface area contributed by atoms with Crippen LogP contribution in [0.25, 0.3) is 0 Å². The van der Waals surface area contributed by atoms with Crippen molar-refractivity contribution in [3.05, 3.63) is 59.6 Å². The fourth-order valence-electron chi connectivity index (χ4n) is 2.47. The van der Waals surface area contributed by atoms with Crippen molar-refractivity contribution in [2.45, 2.75) is 13.0 Å². The van der Waals surface area contributed by atoms with Gasteiger partial charge in [0.2, 0.25) is 15.9 Å². The second-order valence-corrected chi connectivity index (χ2v) is 7.74. The molecule has 0 fully saturated rings. The molecule has 1 amide bonds. The number of benzene rings is 2. The van der Waals surface area contributed by atoms with Gasteiger partial charge < -0.3 is 4.90 Å². The summed E-state index contributed by atoms with van der Waals surface area (Å²) in [6.07, 6.45) is 1.07. The highest BCUT2D eigenvalue weighted by Gasteiger charge is 2.31. The number of nitrogens with zero attached hydrogens (tertiary/aromatic N) is 2. The molecule has 0 aromatic heterocycles. The topological polar surface area (TPSA) is 57.7 Å². The quantitative estimate of drug-likeness (QED) is 0.816. The maximum atomic E-state index is 12.8. The molecule has 2 rings (SSSR count). The van der Waals surface area contributed by atoms with Crippen molar-refractivity contribution in [1.29, 1.82) is 0 Å². The van der Waals surface area contributed by atoms with Crippen molar-refractivity contribution >= 4 is 38.9 Å². The van der Waals surface area contributed by atoms with Crippen LogP contribution in [0, 0.1) is 0 Å². The number of hydrogen-bond donors (Lipinski definition) is 0. The van der Waals surface area contributed by atoms with Gasteiger partial charge in [-0.15, -0.1) is 0 Å². The maximum absolute atomic E-state index is 12.8. The van der Waals surface area contributed by atoms with Crippen molar-refractivity contribution < 1.29 is 13.2 Å². The first-order valence-electron chi connectivity index (χ1n) is 7.29. The van der Waals surface area contributed by atoms with Gasteiger partial charge in [0.05, 0.1) is 11.9 Å². The Labute approximate surface area is 147 Å². The molecular formula is C17H19ClN2O3S. The monoisotopic (exact) mass is 366 g/mol. The lowest BCUT2D eigenvalue weighted by Gasteiger charge is -2.31. The van der Waals surface area contributed by atoms with Crippen LogP contribution in [0.3, 0.4) is 0 Å².